The van der Waals surface area contributed by atoms with Crippen molar-refractivity contribution in [2.45, 2.75) is 13.3 Å². The van der Waals surface area contributed by atoms with Crippen molar-refractivity contribution in [3.8, 4) is 0 Å². The first-order valence-corrected chi connectivity index (χ1v) is 8.01. The highest BCUT2D eigenvalue weighted by molar-refractivity contribution is 6.32. The average Bonchev–Trinajstić information content (AvgIpc) is 2.63. The molecule has 0 aliphatic heterocycles. The van der Waals surface area contributed by atoms with Crippen LogP contribution in [0.2, 0.25) is 0 Å². The molecule has 3 rings (SSSR count). The van der Waals surface area contributed by atoms with E-state index in [1.54, 1.807) is 31.3 Å². The van der Waals surface area contributed by atoms with Crippen molar-refractivity contribution in [3.05, 3.63) is 58.1 Å². The predicted molar refractivity (Wildman–Crippen MR) is 94.3 cm³/mol. The largest absolute Gasteiger partial charge is 0.462 e. The molecular weight excluding hydrogens is 320 g/mol. The van der Waals surface area contributed by atoms with Crippen molar-refractivity contribution in [2.24, 2.45) is 0 Å². The molecule has 128 valence electrons. The fourth-order valence-electron chi connectivity index (χ4n) is 2.96. The SMILES string of the molecule is CCCOC(=O)c1cc(NC)c2c(c1N)C(=O)c1ccccc1C2=O. The number of rotatable bonds is 4. The Balaban J connectivity index is 2.24. The molecule has 0 bridgehead atoms. The summed E-state index contributed by atoms with van der Waals surface area (Å²) in [6.07, 6.45) is 0.667. The van der Waals surface area contributed by atoms with Gasteiger partial charge >= 0.3 is 5.97 Å². The zero-order valence-corrected chi connectivity index (χ0v) is 14.0. The van der Waals surface area contributed by atoms with E-state index in [0.29, 0.717) is 17.7 Å². The Morgan fingerprint density at radius 2 is 1.72 bits per heavy atom. The van der Waals surface area contributed by atoms with E-state index in [2.05, 4.69) is 5.32 Å². The van der Waals surface area contributed by atoms with Crippen LogP contribution >= 0.6 is 0 Å². The first kappa shape index (κ1) is 16.7. The molecule has 0 heterocycles. The van der Waals surface area contributed by atoms with Crippen molar-refractivity contribution < 1.29 is 19.1 Å². The van der Waals surface area contributed by atoms with Gasteiger partial charge in [0.1, 0.15) is 0 Å². The molecule has 0 amide bonds. The minimum Gasteiger partial charge on any atom is -0.462 e. The van der Waals surface area contributed by atoms with Crippen LogP contribution in [0.4, 0.5) is 11.4 Å². The lowest BCUT2D eigenvalue weighted by molar-refractivity contribution is 0.0506. The van der Waals surface area contributed by atoms with Gasteiger partial charge in [-0.15, -0.1) is 0 Å². The van der Waals surface area contributed by atoms with E-state index < -0.39 is 5.97 Å². The maximum atomic E-state index is 12.9. The molecule has 0 aromatic heterocycles. The summed E-state index contributed by atoms with van der Waals surface area (Å²) in [5.41, 5.74) is 7.40. The van der Waals surface area contributed by atoms with Gasteiger partial charge in [0.25, 0.3) is 0 Å². The number of benzene rings is 2. The minimum atomic E-state index is -0.613. The van der Waals surface area contributed by atoms with Crippen LogP contribution in [0.1, 0.15) is 55.5 Å². The molecule has 0 spiro atoms. The summed E-state index contributed by atoms with van der Waals surface area (Å²) in [5.74, 6) is -1.28. The number of carbonyl (C=O) groups excluding carboxylic acids is 3. The second-order valence-electron chi connectivity index (χ2n) is 5.73. The Bertz CT molecular complexity index is 903. The molecular formula is C19H18N2O4. The third-order valence-corrected chi connectivity index (χ3v) is 4.16. The fourth-order valence-corrected chi connectivity index (χ4v) is 2.96. The molecule has 0 fully saturated rings. The molecule has 25 heavy (non-hydrogen) atoms. The molecule has 2 aromatic carbocycles. The average molecular weight is 338 g/mol. The third-order valence-electron chi connectivity index (χ3n) is 4.16. The molecule has 1 aliphatic carbocycles. The Morgan fingerprint density at radius 3 is 2.28 bits per heavy atom. The van der Waals surface area contributed by atoms with E-state index in [1.807, 2.05) is 6.92 Å². The normalized spacial score (nSPS) is 12.4. The van der Waals surface area contributed by atoms with Crippen LogP contribution < -0.4 is 11.1 Å². The number of ether oxygens (including phenoxy) is 1. The Hall–Kier alpha value is -3.15. The molecule has 2 aromatic rings. The summed E-state index contributed by atoms with van der Waals surface area (Å²) in [5, 5.41) is 2.88. The molecule has 0 saturated carbocycles. The predicted octanol–water partition coefficient (Wildman–Crippen LogP) is 2.65. The van der Waals surface area contributed by atoms with Gasteiger partial charge in [-0.25, -0.2) is 4.79 Å². The van der Waals surface area contributed by atoms with Gasteiger partial charge in [-0.3, -0.25) is 9.59 Å². The summed E-state index contributed by atoms with van der Waals surface area (Å²) >= 11 is 0. The van der Waals surface area contributed by atoms with Gasteiger partial charge in [0, 0.05) is 23.9 Å². The van der Waals surface area contributed by atoms with Gasteiger partial charge in [-0.05, 0) is 12.5 Å². The highest BCUT2D eigenvalue weighted by Gasteiger charge is 2.35. The maximum absolute atomic E-state index is 12.9. The number of nitrogens with two attached hydrogens (primary N) is 1. The molecule has 0 saturated heterocycles. The van der Waals surface area contributed by atoms with Gasteiger partial charge < -0.3 is 15.8 Å². The monoisotopic (exact) mass is 338 g/mol. The lowest BCUT2D eigenvalue weighted by Gasteiger charge is -2.23. The number of carbonyl (C=O) groups is 3. The lowest BCUT2D eigenvalue weighted by Crippen LogP contribution is -2.25. The zero-order chi connectivity index (χ0) is 18.1. The van der Waals surface area contributed by atoms with E-state index >= 15 is 0 Å². The van der Waals surface area contributed by atoms with Crippen LogP contribution in [-0.2, 0) is 4.74 Å². The Labute approximate surface area is 145 Å². The van der Waals surface area contributed by atoms with Gasteiger partial charge in [0.2, 0.25) is 0 Å². The molecule has 3 N–H and O–H groups in total. The number of esters is 1. The highest BCUT2D eigenvalue weighted by Crippen LogP contribution is 2.37. The van der Waals surface area contributed by atoms with Crippen molar-refractivity contribution in [1.29, 1.82) is 0 Å². The van der Waals surface area contributed by atoms with Crippen molar-refractivity contribution in [1.82, 2.24) is 0 Å². The number of ketones is 2. The summed E-state index contributed by atoms with van der Waals surface area (Å²) in [4.78, 5) is 38.1. The van der Waals surface area contributed by atoms with E-state index in [4.69, 9.17) is 10.5 Å². The minimum absolute atomic E-state index is 0.0250. The second kappa shape index (κ2) is 6.39. The Kier molecular flexibility index (Phi) is 4.27. The van der Waals surface area contributed by atoms with Crippen molar-refractivity contribution >= 4 is 28.9 Å². The quantitative estimate of drug-likeness (QED) is 0.560. The van der Waals surface area contributed by atoms with E-state index in [-0.39, 0.29) is 46.1 Å². The summed E-state index contributed by atoms with van der Waals surface area (Å²) in [6.45, 7) is 2.13. The number of hydrogen-bond donors (Lipinski definition) is 2. The first-order chi connectivity index (χ1) is 12.0. The number of fused-ring (bicyclic) bond motifs is 2. The van der Waals surface area contributed by atoms with E-state index in [1.165, 1.54) is 6.07 Å². The Morgan fingerprint density at radius 1 is 1.12 bits per heavy atom. The third kappa shape index (κ3) is 2.55. The highest BCUT2D eigenvalue weighted by atomic mass is 16.5. The molecule has 1 aliphatic rings. The summed E-state index contributed by atoms with van der Waals surface area (Å²) < 4.78 is 5.14. The maximum Gasteiger partial charge on any atom is 0.340 e. The van der Waals surface area contributed by atoms with Crippen LogP contribution in [0.15, 0.2) is 30.3 Å². The fraction of sp³-hybridized carbons (Fsp3) is 0.211. The van der Waals surface area contributed by atoms with Gasteiger partial charge in [0.15, 0.2) is 11.6 Å². The molecule has 6 heteroatoms. The number of hydrogen-bond acceptors (Lipinski definition) is 6. The number of anilines is 2. The van der Waals surface area contributed by atoms with Crippen LogP contribution in [0.25, 0.3) is 0 Å². The van der Waals surface area contributed by atoms with E-state index in [9.17, 15) is 14.4 Å². The summed E-state index contributed by atoms with van der Waals surface area (Å²) in [6, 6.07) is 8.04. The molecule has 0 unspecified atom stereocenters. The standard InChI is InChI=1S/C19H18N2O4/c1-3-8-25-19(24)12-9-13(21-2)14-15(16(12)20)18(23)11-7-5-4-6-10(11)17(14)22/h4-7,9,21H,3,8,20H2,1-2H3. The number of nitrogen functional groups attached to an aromatic ring is 1. The van der Waals surface area contributed by atoms with Crippen LogP contribution in [0, 0.1) is 0 Å². The second-order valence-corrected chi connectivity index (χ2v) is 5.73. The zero-order valence-electron chi connectivity index (χ0n) is 14.0. The van der Waals surface area contributed by atoms with Gasteiger partial charge in [0.05, 0.1) is 29.0 Å². The topological polar surface area (TPSA) is 98.5 Å². The number of nitrogens with one attached hydrogen (secondary N) is 1. The summed E-state index contributed by atoms with van der Waals surface area (Å²) in [7, 11) is 1.62. The van der Waals surface area contributed by atoms with Gasteiger partial charge in [-0.2, -0.15) is 0 Å². The molecule has 0 atom stereocenters. The van der Waals surface area contributed by atoms with E-state index in [0.717, 1.165) is 0 Å². The first-order valence-electron chi connectivity index (χ1n) is 8.01. The van der Waals surface area contributed by atoms with Crippen LogP contribution in [-0.4, -0.2) is 31.2 Å². The van der Waals surface area contributed by atoms with Gasteiger partial charge in [-0.1, -0.05) is 31.2 Å². The van der Waals surface area contributed by atoms with Crippen LogP contribution in [0.3, 0.4) is 0 Å². The smallest absolute Gasteiger partial charge is 0.340 e. The van der Waals surface area contributed by atoms with Crippen molar-refractivity contribution in [2.75, 3.05) is 24.7 Å². The van der Waals surface area contributed by atoms with Crippen molar-refractivity contribution in [3.63, 3.8) is 0 Å². The molecule has 0 radical (unpaired) electrons. The lowest BCUT2D eigenvalue weighted by atomic mass is 9.81. The molecule has 6 nitrogen and oxygen atoms in total. The van der Waals surface area contributed by atoms with Crippen LogP contribution in [0.5, 0.6) is 0 Å².